The van der Waals surface area contributed by atoms with Gasteiger partial charge in [-0.1, -0.05) is 30.5 Å². The molecule has 5 heteroatoms. The van der Waals surface area contributed by atoms with E-state index < -0.39 is 0 Å². The van der Waals surface area contributed by atoms with Crippen LogP contribution in [0.5, 0.6) is 0 Å². The van der Waals surface area contributed by atoms with Crippen LogP contribution in [0.4, 0.5) is 17.2 Å². The number of nitrogens with one attached hydrogen (secondary N) is 2. The number of halogens is 1. The zero-order valence-corrected chi connectivity index (χ0v) is 12.8. The van der Waals surface area contributed by atoms with Crippen molar-refractivity contribution in [1.82, 2.24) is 9.97 Å². The van der Waals surface area contributed by atoms with Crippen molar-refractivity contribution in [2.24, 2.45) is 0 Å². The van der Waals surface area contributed by atoms with E-state index in [0.29, 0.717) is 22.8 Å². The van der Waals surface area contributed by atoms with E-state index in [4.69, 9.17) is 11.6 Å². The van der Waals surface area contributed by atoms with Gasteiger partial charge in [-0.2, -0.15) is 0 Å². The molecule has 1 fully saturated rings. The van der Waals surface area contributed by atoms with Crippen molar-refractivity contribution in [3.05, 3.63) is 41.3 Å². The molecule has 0 saturated heterocycles. The van der Waals surface area contributed by atoms with Gasteiger partial charge >= 0.3 is 0 Å². The molecule has 1 saturated carbocycles. The average molecular weight is 303 g/mol. The molecule has 0 radical (unpaired) electrons. The van der Waals surface area contributed by atoms with Gasteiger partial charge in [0.25, 0.3) is 0 Å². The number of hydrogen-bond acceptors (Lipinski definition) is 4. The maximum atomic E-state index is 5.96. The maximum Gasteiger partial charge on any atom is 0.135 e. The Morgan fingerprint density at radius 3 is 2.62 bits per heavy atom. The second-order valence-corrected chi connectivity index (χ2v) is 5.84. The summed E-state index contributed by atoms with van der Waals surface area (Å²) in [5.74, 6) is 1.37. The Morgan fingerprint density at radius 2 is 1.86 bits per heavy atom. The Hall–Kier alpha value is -1.81. The largest absolute Gasteiger partial charge is 0.382 e. The van der Waals surface area contributed by atoms with Gasteiger partial charge in [0.05, 0.1) is 0 Å². The highest BCUT2D eigenvalue weighted by Crippen LogP contribution is 2.25. The van der Waals surface area contributed by atoms with Crippen LogP contribution < -0.4 is 10.6 Å². The van der Waals surface area contributed by atoms with Gasteiger partial charge in [0.1, 0.15) is 16.8 Å². The highest BCUT2D eigenvalue weighted by atomic mass is 35.5. The van der Waals surface area contributed by atoms with Crippen molar-refractivity contribution in [3.8, 4) is 0 Å². The number of nitrogens with zero attached hydrogens (tertiary/aromatic N) is 2. The van der Waals surface area contributed by atoms with Crippen LogP contribution in [-0.4, -0.2) is 16.0 Å². The van der Waals surface area contributed by atoms with Crippen molar-refractivity contribution in [1.29, 1.82) is 0 Å². The van der Waals surface area contributed by atoms with Gasteiger partial charge in [-0.25, -0.2) is 9.97 Å². The first-order valence-corrected chi connectivity index (χ1v) is 7.72. The van der Waals surface area contributed by atoms with Crippen molar-refractivity contribution in [2.75, 3.05) is 10.6 Å². The first-order chi connectivity index (χ1) is 10.2. The summed E-state index contributed by atoms with van der Waals surface area (Å²) in [6, 6.07) is 10.6. The average Bonchev–Trinajstić information content (AvgIpc) is 2.90. The monoisotopic (exact) mass is 302 g/mol. The lowest BCUT2D eigenvalue weighted by Gasteiger charge is -2.15. The van der Waals surface area contributed by atoms with E-state index in [2.05, 4.69) is 32.7 Å². The van der Waals surface area contributed by atoms with Gasteiger partial charge in [0.2, 0.25) is 0 Å². The summed E-state index contributed by atoms with van der Waals surface area (Å²) in [7, 11) is 0. The first kappa shape index (κ1) is 14.1. The maximum absolute atomic E-state index is 5.96. The van der Waals surface area contributed by atoms with Crippen LogP contribution >= 0.6 is 11.6 Å². The molecule has 1 heterocycles. The van der Waals surface area contributed by atoms with E-state index in [1.54, 1.807) is 6.07 Å². The van der Waals surface area contributed by atoms with Crippen molar-refractivity contribution in [3.63, 3.8) is 0 Å². The SMILES string of the molecule is Cc1nc(Cl)cc(Nc2cccc(NC3CCCC3)c2)n1. The number of hydrogen-bond donors (Lipinski definition) is 2. The second-order valence-electron chi connectivity index (χ2n) is 5.45. The highest BCUT2D eigenvalue weighted by molar-refractivity contribution is 6.29. The Kier molecular flexibility index (Phi) is 4.25. The Bertz CT molecular complexity index is 603. The molecule has 0 aliphatic heterocycles. The molecule has 0 atom stereocenters. The van der Waals surface area contributed by atoms with Crippen molar-refractivity contribution in [2.45, 2.75) is 38.6 Å². The molecular formula is C16H19ClN4. The quantitative estimate of drug-likeness (QED) is 0.814. The molecule has 1 aliphatic rings. The molecule has 0 unspecified atom stereocenters. The van der Waals surface area contributed by atoms with Crippen LogP contribution in [0.3, 0.4) is 0 Å². The Morgan fingerprint density at radius 1 is 1.10 bits per heavy atom. The molecule has 4 nitrogen and oxygen atoms in total. The van der Waals surface area contributed by atoms with Crippen LogP contribution in [0.2, 0.25) is 5.15 Å². The summed E-state index contributed by atoms with van der Waals surface area (Å²) in [5.41, 5.74) is 2.14. The first-order valence-electron chi connectivity index (χ1n) is 7.34. The smallest absolute Gasteiger partial charge is 0.135 e. The molecule has 0 bridgehead atoms. The summed E-state index contributed by atoms with van der Waals surface area (Å²) < 4.78 is 0. The van der Waals surface area contributed by atoms with Crippen molar-refractivity contribution >= 4 is 28.8 Å². The zero-order valence-electron chi connectivity index (χ0n) is 12.1. The van der Waals surface area contributed by atoms with Gasteiger partial charge in [-0.05, 0) is 38.0 Å². The minimum atomic E-state index is 0.449. The number of anilines is 3. The van der Waals surface area contributed by atoms with E-state index in [1.165, 1.54) is 25.7 Å². The third kappa shape index (κ3) is 3.85. The van der Waals surface area contributed by atoms with Crippen molar-refractivity contribution < 1.29 is 0 Å². The van der Waals surface area contributed by atoms with Gasteiger partial charge in [-0.3, -0.25) is 0 Å². The lowest BCUT2D eigenvalue weighted by atomic mass is 10.2. The number of rotatable bonds is 4. The normalized spacial score (nSPS) is 15.1. The molecule has 0 spiro atoms. The number of aryl methyl sites for hydroxylation is 1. The minimum absolute atomic E-state index is 0.449. The topological polar surface area (TPSA) is 49.8 Å². The molecule has 110 valence electrons. The third-order valence-corrected chi connectivity index (χ3v) is 3.86. The predicted molar refractivity (Wildman–Crippen MR) is 87.4 cm³/mol. The van der Waals surface area contributed by atoms with Gasteiger partial charge < -0.3 is 10.6 Å². The molecular weight excluding hydrogens is 284 g/mol. The molecule has 1 aromatic carbocycles. The molecule has 3 rings (SSSR count). The fourth-order valence-electron chi connectivity index (χ4n) is 2.74. The molecule has 1 aliphatic carbocycles. The number of aromatic nitrogens is 2. The standard InChI is InChI=1S/C16H19ClN4/c1-11-18-15(17)10-16(19-11)21-14-8-4-7-13(9-14)20-12-5-2-3-6-12/h4,7-10,12,20H,2-3,5-6H2,1H3,(H,18,19,21). The van der Waals surface area contributed by atoms with Crippen LogP contribution in [-0.2, 0) is 0 Å². The summed E-state index contributed by atoms with van der Waals surface area (Å²) in [4.78, 5) is 8.40. The zero-order chi connectivity index (χ0) is 14.7. The fraction of sp³-hybridized carbons (Fsp3) is 0.375. The second kappa shape index (κ2) is 6.31. The summed E-state index contributed by atoms with van der Waals surface area (Å²) in [6.07, 6.45) is 5.18. The number of benzene rings is 1. The predicted octanol–water partition coefficient (Wildman–Crippen LogP) is 4.54. The van der Waals surface area contributed by atoms with Crippen LogP contribution in [0.25, 0.3) is 0 Å². The third-order valence-electron chi connectivity index (χ3n) is 3.67. The van der Waals surface area contributed by atoms with E-state index in [-0.39, 0.29) is 0 Å². The van der Waals surface area contributed by atoms with Crippen LogP contribution in [0, 0.1) is 6.92 Å². The molecule has 21 heavy (non-hydrogen) atoms. The molecule has 0 amide bonds. The van der Waals surface area contributed by atoms with E-state index >= 15 is 0 Å². The fourth-order valence-corrected chi connectivity index (χ4v) is 2.96. The van der Waals surface area contributed by atoms with Gasteiger partial charge in [0.15, 0.2) is 0 Å². The molecule has 2 aromatic rings. The highest BCUT2D eigenvalue weighted by Gasteiger charge is 2.14. The molecule has 2 N–H and O–H groups in total. The van der Waals surface area contributed by atoms with E-state index in [9.17, 15) is 0 Å². The summed E-state index contributed by atoms with van der Waals surface area (Å²) in [6.45, 7) is 1.83. The lowest BCUT2D eigenvalue weighted by molar-refractivity contribution is 0.755. The van der Waals surface area contributed by atoms with Crippen LogP contribution in [0.15, 0.2) is 30.3 Å². The lowest BCUT2D eigenvalue weighted by Crippen LogP contribution is -2.14. The van der Waals surface area contributed by atoms with Crippen LogP contribution in [0.1, 0.15) is 31.5 Å². The summed E-state index contributed by atoms with van der Waals surface area (Å²) >= 11 is 5.96. The Balaban J connectivity index is 1.73. The Labute approximate surface area is 130 Å². The summed E-state index contributed by atoms with van der Waals surface area (Å²) in [5, 5.41) is 7.32. The van der Waals surface area contributed by atoms with E-state index in [1.807, 2.05) is 19.1 Å². The minimum Gasteiger partial charge on any atom is -0.382 e. The van der Waals surface area contributed by atoms with Gasteiger partial charge in [0, 0.05) is 23.5 Å². The van der Waals surface area contributed by atoms with Gasteiger partial charge in [-0.15, -0.1) is 0 Å². The molecule has 1 aromatic heterocycles. The van der Waals surface area contributed by atoms with E-state index in [0.717, 1.165) is 11.4 Å².